The van der Waals surface area contributed by atoms with Gasteiger partial charge < -0.3 is 10.4 Å². The topological polar surface area (TPSA) is 79.3 Å². The number of thiazole rings is 1. The van der Waals surface area contributed by atoms with Gasteiger partial charge in [0.1, 0.15) is 6.04 Å². The summed E-state index contributed by atoms with van der Waals surface area (Å²) in [5.41, 5.74) is 0.652. The predicted octanol–water partition coefficient (Wildman–Crippen LogP) is 1.96. The van der Waals surface area contributed by atoms with E-state index in [4.69, 9.17) is 5.11 Å². The van der Waals surface area contributed by atoms with Crippen molar-refractivity contribution < 1.29 is 14.7 Å². The highest BCUT2D eigenvalue weighted by atomic mass is 32.1. The third-order valence-electron chi connectivity index (χ3n) is 2.58. The maximum absolute atomic E-state index is 11.7. The van der Waals surface area contributed by atoms with Gasteiger partial charge in [-0.2, -0.15) is 0 Å². The molecule has 5 nitrogen and oxygen atoms in total. The molecule has 1 heterocycles. The summed E-state index contributed by atoms with van der Waals surface area (Å²) >= 11 is 1.52. The molecule has 0 saturated carbocycles. The maximum Gasteiger partial charge on any atom is 0.326 e. The number of rotatable bonds is 5. The molecule has 0 bridgehead atoms. The van der Waals surface area contributed by atoms with Crippen molar-refractivity contribution in [3.63, 3.8) is 0 Å². The van der Waals surface area contributed by atoms with E-state index in [1.54, 1.807) is 6.92 Å². The van der Waals surface area contributed by atoms with Crippen molar-refractivity contribution in [1.82, 2.24) is 10.3 Å². The molecule has 0 aromatic carbocycles. The van der Waals surface area contributed by atoms with E-state index in [0.717, 1.165) is 5.01 Å². The van der Waals surface area contributed by atoms with E-state index in [-0.39, 0.29) is 17.7 Å². The van der Waals surface area contributed by atoms with Gasteiger partial charge in [0.05, 0.1) is 17.1 Å². The van der Waals surface area contributed by atoms with Crippen LogP contribution in [-0.2, 0) is 21.4 Å². The summed E-state index contributed by atoms with van der Waals surface area (Å²) in [6.45, 7) is 7.91. The van der Waals surface area contributed by atoms with Crippen LogP contribution in [0.1, 0.15) is 44.8 Å². The van der Waals surface area contributed by atoms with Crippen molar-refractivity contribution in [2.75, 3.05) is 0 Å². The summed E-state index contributed by atoms with van der Waals surface area (Å²) in [6.07, 6.45) is 0.488. The standard InChI is InChI=1S/C13H20N2O3S/c1-5-9(11(17)18)15-10(16)6-8-7-19-12(14-8)13(2,3)4/h7,9H,5-6H2,1-4H3,(H,15,16)(H,17,18). The zero-order valence-electron chi connectivity index (χ0n) is 11.7. The van der Waals surface area contributed by atoms with E-state index in [2.05, 4.69) is 31.1 Å². The molecule has 0 radical (unpaired) electrons. The Morgan fingerprint density at radius 1 is 1.47 bits per heavy atom. The van der Waals surface area contributed by atoms with Crippen molar-refractivity contribution in [2.45, 2.75) is 52.0 Å². The summed E-state index contributed by atoms with van der Waals surface area (Å²) in [6, 6.07) is -0.826. The molecule has 1 unspecified atom stereocenters. The van der Waals surface area contributed by atoms with Crippen LogP contribution in [0.3, 0.4) is 0 Å². The van der Waals surface area contributed by atoms with Gasteiger partial charge >= 0.3 is 5.97 Å². The van der Waals surface area contributed by atoms with Crippen molar-refractivity contribution in [3.05, 3.63) is 16.1 Å². The van der Waals surface area contributed by atoms with Crippen LogP contribution in [0.2, 0.25) is 0 Å². The van der Waals surface area contributed by atoms with Crippen molar-refractivity contribution in [1.29, 1.82) is 0 Å². The molecule has 0 aliphatic rings. The number of aromatic nitrogens is 1. The number of hydrogen-bond donors (Lipinski definition) is 2. The summed E-state index contributed by atoms with van der Waals surface area (Å²) < 4.78 is 0. The van der Waals surface area contributed by atoms with Crippen LogP contribution in [0.15, 0.2) is 5.38 Å². The molecule has 1 amide bonds. The van der Waals surface area contributed by atoms with E-state index in [1.165, 1.54) is 11.3 Å². The molecule has 0 fully saturated rings. The van der Waals surface area contributed by atoms with Crippen LogP contribution in [0, 0.1) is 0 Å². The number of carbonyl (C=O) groups excluding carboxylic acids is 1. The smallest absolute Gasteiger partial charge is 0.326 e. The number of aliphatic carboxylic acids is 1. The molecule has 0 spiro atoms. The van der Waals surface area contributed by atoms with Crippen LogP contribution in [0.5, 0.6) is 0 Å². The Bertz CT molecular complexity index is 463. The number of nitrogens with one attached hydrogen (secondary N) is 1. The Morgan fingerprint density at radius 2 is 2.11 bits per heavy atom. The third kappa shape index (κ3) is 4.63. The molecule has 6 heteroatoms. The Hall–Kier alpha value is -1.43. The number of nitrogens with zero attached hydrogens (tertiary/aromatic N) is 1. The van der Waals surface area contributed by atoms with E-state index in [1.807, 2.05) is 5.38 Å². The number of hydrogen-bond acceptors (Lipinski definition) is 4. The first-order chi connectivity index (χ1) is 8.74. The van der Waals surface area contributed by atoms with Crippen LogP contribution < -0.4 is 5.32 Å². The van der Waals surface area contributed by atoms with Gasteiger partial charge in [0.15, 0.2) is 0 Å². The molecule has 0 aliphatic carbocycles. The third-order valence-corrected chi connectivity index (χ3v) is 3.89. The highest BCUT2D eigenvalue weighted by molar-refractivity contribution is 7.09. The molecule has 0 saturated heterocycles. The van der Waals surface area contributed by atoms with Crippen LogP contribution in [0.4, 0.5) is 0 Å². The average molecular weight is 284 g/mol. The number of carboxylic acids is 1. The van der Waals surface area contributed by atoms with Gasteiger partial charge in [0.25, 0.3) is 0 Å². The fourth-order valence-corrected chi connectivity index (χ4v) is 2.39. The summed E-state index contributed by atoms with van der Waals surface area (Å²) in [5.74, 6) is -1.32. The first-order valence-corrected chi connectivity index (χ1v) is 7.09. The SMILES string of the molecule is CCC(NC(=O)Cc1csc(C(C)(C)C)n1)C(=O)O. The van der Waals surface area contributed by atoms with Gasteiger partial charge in [0.2, 0.25) is 5.91 Å². The van der Waals surface area contributed by atoms with E-state index >= 15 is 0 Å². The quantitative estimate of drug-likeness (QED) is 0.866. The number of carbonyl (C=O) groups is 2. The molecule has 106 valence electrons. The highest BCUT2D eigenvalue weighted by Crippen LogP contribution is 2.25. The average Bonchev–Trinajstić information content (AvgIpc) is 2.73. The van der Waals surface area contributed by atoms with Crippen molar-refractivity contribution >= 4 is 23.2 Å². The van der Waals surface area contributed by atoms with E-state index in [9.17, 15) is 9.59 Å². The minimum absolute atomic E-state index is 0.0353. The Labute approximate surface area is 117 Å². The zero-order valence-corrected chi connectivity index (χ0v) is 12.5. The zero-order chi connectivity index (χ0) is 14.6. The van der Waals surface area contributed by atoms with Gasteiger partial charge in [0, 0.05) is 10.8 Å². The Balaban J connectivity index is 2.62. The van der Waals surface area contributed by atoms with Gasteiger partial charge in [-0.05, 0) is 6.42 Å². The van der Waals surface area contributed by atoms with Crippen LogP contribution >= 0.6 is 11.3 Å². The van der Waals surface area contributed by atoms with E-state index < -0.39 is 12.0 Å². The monoisotopic (exact) mass is 284 g/mol. The molecule has 0 aliphatic heterocycles. The first kappa shape index (κ1) is 15.6. The summed E-state index contributed by atoms with van der Waals surface area (Å²) in [4.78, 5) is 27.0. The minimum Gasteiger partial charge on any atom is -0.480 e. The molecule has 2 N–H and O–H groups in total. The predicted molar refractivity (Wildman–Crippen MR) is 74.4 cm³/mol. The van der Waals surface area contributed by atoms with E-state index in [0.29, 0.717) is 12.1 Å². The number of carboxylic acid groups (broad SMARTS) is 1. The molecular weight excluding hydrogens is 264 g/mol. The lowest BCUT2D eigenvalue weighted by Crippen LogP contribution is -2.41. The summed E-state index contributed by atoms with van der Waals surface area (Å²) in [7, 11) is 0. The molecule has 1 rings (SSSR count). The molecule has 1 atom stereocenters. The van der Waals surface area contributed by atoms with Crippen molar-refractivity contribution in [3.8, 4) is 0 Å². The highest BCUT2D eigenvalue weighted by Gasteiger charge is 2.21. The van der Waals surface area contributed by atoms with Crippen LogP contribution in [-0.4, -0.2) is 28.0 Å². The minimum atomic E-state index is -1.01. The number of amides is 1. The largest absolute Gasteiger partial charge is 0.480 e. The first-order valence-electron chi connectivity index (χ1n) is 6.21. The van der Waals surface area contributed by atoms with Gasteiger partial charge in [-0.15, -0.1) is 11.3 Å². The summed E-state index contributed by atoms with van der Waals surface area (Å²) in [5, 5.41) is 14.2. The fourth-order valence-electron chi connectivity index (χ4n) is 1.48. The van der Waals surface area contributed by atoms with Gasteiger partial charge in [-0.25, -0.2) is 9.78 Å². The van der Waals surface area contributed by atoms with Crippen LogP contribution in [0.25, 0.3) is 0 Å². The normalized spacial score (nSPS) is 13.1. The second-order valence-electron chi connectivity index (χ2n) is 5.44. The lowest BCUT2D eigenvalue weighted by atomic mass is 9.98. The maximum atomic E-state index is 11.7. The Kier molecular flexibility index (Phi) is 5.05. The second kappa shape index (κ2) is 6.14. The molecular formula is C13H20N2O3S. The fraction of sp³-hybridized carbons (Fsp3) is 0.615. The lowest BCUT2D eigenvalue weighted by Gasteiger charge is -2.13. The van der Waals surface area contributed by atoms with Gasteiger partial charge in [-0.3, -0.25) is 4.79 Å². The molecule has 1 aromatic heterocycles. The molecule has 1 aromatic rings. The van der Waals surface area contributed by atoms with Gasteiger partial charge in [-0.1, -0.05) is 27.7 Å². The second-order valence-corrected chi connectivity index (χ2v) is 6.30. The lowest BCUT2D eigenvalue weighted by molar-refractivity contribution is -0.141. The van der Waals surface area contributed by atoms with Crippen molar-refractivity contribution in [2.24, 2.45) is 0 Å². The molecule has 19 heavy (non-hydrogen) atoms. The Morgan fingerprint density at radius 3 is 2.53 bits per heavy atom.